The number of rotatable bonds is 3. The summed E-state index contributed by atoms with van der Waals surface area (Å²) in [5.41, 5.74) is 6.58. The highest BCUT2D eigenvalue weighted by Gasteiger charge is 2.18. The molecule has 0 saturated heterocycles. The van der Waals surface area contributed by atoms with Gasteiger partial charge in [-0.1, -0.05) is 79.8 Å². The number of benzene rings is 3. The molecule has 4 rings (SSSR count). The predicted octanol–water partition coefficient (Wildman–Crippen LogP) is 7.65. The number of carbonyl (C=O) groups excluding carboxylic acids is 2. The molecule has 2 amide bonds. The number of hydrogen-bond donors (Lipinski definition) is 0. The highest BCUT2D eigenvalue weighted by Crippen LogP contribution is 2.25. The van der Waals surface area contributed by atoms with Crippen molar-refractivity contribution in [3.8, 4) is 0 Å². The van der Waals surface area contributed by atoms with Gasteiger partial charge in [0.05, 0.1) is 0 Å². The van der Waals surface area contributed by atoms with Crippen LogP contribution in [-0.4, -0.2) is 34.1 Å². The third kappa shape index (κ3) is 9.00. The molecule has 0 saturated carbocycles. The Bertz CT molecular complexity index is 1340. The quantitative estimate of drug-likeness (QED) is 0.262. The van der Waals surface area contributed by atoms with Gasteiger partial charge in [-0.05, 0) is 82.7 Å². The van der Waals surface area contributed by atoms with E-state index in [1.54, 1.807) is 4.90 Å². The Morgan fingerprint density at radius 2 is 1.05 bits per heavy atom. The van der Waals surface area contributed by atoms with Crippen molar-refractivity contribution in [2.75, 3.05) is 7.05 Å². The van der Waals surface area contributed by atoms with Crippen LogP contribution < -0.4 is 0 Å². The van der Waals surface area contributed by atoms with E-state index >= 15 is 0 Å². The first kappa shape index (κ1) is 30.0. The molecule has 0 spiro atoms. The molecule has 0 atom stereocenters. The summed E-state index contributed by atoms with van der Waals surface area (Å²) in [7, 11) is 2.11. The summed E-state index contributed by atoms with van der Waals surface area (Å²) in [6.07, 6.45) is 1.41. The van der Waals surface area contributed by atoms with Crippen LogP contribution in [0.25, 0.3) is 0 Å². The predicted molar refractivity (Wildman–Crippen MR) is 167 cm³/mol. The minimum absolute atomic E-state index is 0.137. The Labute approximate surface area is 256 Å². The molecule has 39 heavy (non-hydrogen) atoms. The standard InChI is InChI=1S/C31H34Br3N3O2/c1-21(2)4-31(39)37-18-26-6-23(9-29(33)12-26)15-35(3)14-22-5-24(10-28(32)8-22)16-36(20-38)17-25-7-27(19-37)13-30(34)11-25/h5-13,20-21H,4,14-19H2,1-3H3. The lowest BCUT2D eigenvalue weighted by Gasteiger charge is -2.26. The molecule has 5 nitrogen and oxygen atoms in total. The van der Waals surface area contributed by atoms with Crippen LogP contribution in [0, 0.1) is 5.92 Å². The summed E-state index contributed by atoms with van der Waals surface area (Å²) < 4.78 is 2.95. The molecule has 206 valence electrons. The fourth-order valence-corrected chi connectivity index (χ4v) is 6.89. The van der Waals surface area contributed by atoms with E-state index in [-0.39, 0.29) is 11.8 Å². The molecule has 3 aromatic carbocycles. The number of fused-ring (bicyclic) bond motifs is 6. The fraction of sp³-hybridized carbons (Fsp3) is 0.355. The van der Waals surface area contributed by atoms with Crippen LogP contribution in [0.1, 0.15) is 53.6 Å². The average Bonchev–Trinajstić information content (AvgIpc) is 2.81. The third-order valence-electron chi connectivity index (χ3n) is 6.56. The summed E-state index contributed by atoms with van der Waals surface area (Å²) in [4.78, 5) is 31.5. The second-order valence-corrected chi connectivity index (χ2v) is 13.7. The normalized spacial score (nSPS) is 15.2. The van der Waals surface area contributed by atoms with Crippen LogP contribution in [0.3, 0.4) is 0 Å². The molecule has 1 aliphatic heterocycles. The molecule has 0 N–H and O–H groups in total. The van der Waals surface area contributed by atoms with Gasteiger partial charge in [0.1, 0.15) is 0 Å². The maximum atomic E-state index is 13.4. The summed E-state index contributed by atoms with van der Waals surface area (Å²) in [5.74, 6) is 0.409. The zero-order valence-electron chi connectivity index (χ0n) is 22.6. The second-order valence-electron chi connectivity index (χ2n) is 10.9. The van der Waals surface area contributed by atoms with Gasteiger partial charge in [0, 0.05) is 59.1 Å². The zero-order chi connectivity index (χ0) is 28.1. The van der Waals surface area contributed by atoms with Gasteiger partial charge in [-0.3, -0.25) is 14.5 Å². The van der Waals surface area contributed by atoms with E-state index in [4.69, 9.17) is 0 Å². The zero-order valence-corrected chi connectivity index (χ0v) is 27.4. The lowest BCUT2D eigenvalue weighted by atomic mass is 10.0. The van der Waals surface area contributed by atoms with Crippen molar-refractivity contribution < 1.29 is 9.59 Å². The molecule has 0 unspecified atom stereocenters. The number of nitrogens with zero attached hydrogens (tertiary/aromatic N) is 3. The van der Waals surface area contributed by atoms with E-state index in [1.165, 1.54) is 11.1 Å². The summed E-state index contributed by atoms with van der Waals surface area (Å²) in [5, 5.41) is 0. The van der Waals surface area contributed by atoms with E-state index in [9.17, 15) is 9.59 Å². The molecule has 6 bridgehead atoms. The van der Waals surface area contributed by atoms with E-state index in [2.05, 4.69) is 122 Å². The molecule has 1 heterocycles. The molecule has 8 heteroatoms. The van der Waals surface area contributed by atoms with Gasteiger partial charge in [-0.2, -0.15) is 0 Å². The molecule has 1 aliphatic rings. The van der Waals surface area contributed by atoms with Crippen molar-refractivity contribution in [2.24, 2.45) is 5.92 Å². The van der Waals surface area contributed by atoms with Gasteiger partial charge in [-0.25, -0.2) is 0 Å². The van der Waals surface area contributed by atoms with Crippen molar-refractivity contribution in [1.29, 1.82) is 0 Å². The van der Waals surface area contributed by atoms with Gasteiger partial charge in [0.25, 0.3) is 0 Å². The van der Waals surface area contributed by atoms with Gasteiger partial charge in [-0.15, -0.1) is 0 Å². The first-order valence-electron chi connectivity index (χ1n) is 13.1. The minimum Gasteiger partial charge on any atom is -0.337 e. The molecule has 0 fully saturated rings. The Morgan fingerprint density at radius 1 is 0.692 bits per heavy atom. The van der Waals surface area contributed by atoms with E-state index < -0.39 is 0 Å². The third-order valence-corrected chi connectivity index (χ3v) is 7.93. The first-order valence-corrected chi connectivity index (χ1v) is 15.4. The van der Waals surface area contributed by atoms with Crippen LogP contribution >= 0.6 is 47.8 Å². The molecular formula is C31H34Br3N3O2. The Balaban J connectivity index is 1.77. The highest BCUT2D eigenvalue weighted by molar-refractivity contribution is 9.11. The topological polar surface area (TPSA) is 43.9 Å². The first-order chi connectivity index (χ1) is 18.6. The maximum absolute atomic E-state index is 13.4. The van der Waals surface area contributed by atoms with Crippen molar-refractivity contribution in [3.63, 3.8) is 0 Å². The lowest BCUT2D eigenvalue weighted by Crippen LogP contribution is -2.31. The monoisotopic (exact) mass is 717 g/mol. The van der Waals surface area contributed by atoms with Crippen LogP contribution in [0.5, 0.6) is 0 Å². The SMILES string of the molecule is CC(C)CC(=O)N1Cc2cc(Br)cc(c2)CN(C)Cc2cc(Br)cc(c2)CN(C=O)Cc2cc(Br)cc(c2)C1. The summed E-state index contributed by atoms with van der Waals surface area (Å²) >= 11 is 11.0. The van der Waals surface area contributed by atoms with Crippen LogP contribution in [0.2, 0.25) is 0 Å². The average molecular weight is 720 g/mol. The van der Waals surface area contributed by atoms with Crippen LogP contribution in [0.15, 0.2) is 68.0 Å². The van der Waals surface area contributed by atoms with Crippen molar-refractivity contribution in [2.45, 2.75) is 59.5 Å². The van der Waals surface area contributed by atoms with Crippen molar-refractivity contribution in [1.82, 2.24) is 14.7 Å². The van der Waals surface area contributed by atoms with E-state index in [0.717, 1.165) is 55.2 Å². The Morgan fingerprint density at radius 3 is 1.41 bits per heavy atom. The molecular weight excluding hydrogens is 686 g/mol. The molecule has 0 aliphatic carbocycles. The van der Waals surface area contributed by atoms with Gasteiger partial charge in [0.2, 0.25) is 12.3 Å². The second kappa shape index (κ2) is 13.6. The van der Waals surface area contributed by atoms with Gasteiger partial charge in [0.15, 0.2) is 0 Å². The summed E-state index contributed by atoms with van der Waals surface area (Å²) in [6.45, 7) is 7.70. The number of hydrogen-bond acceptors (Lipinski definition) is 3. The highest BCUT2D eigenvalue weighted by atomic mass is 79.9. The Kier molecular flexibility index (Phi) is 10.4. The molecule has 0 radical (unpaired) electrons. The van der Waals surface area contributed by atoms with Crippen LogP contribution in [-0.2, 0) is 48.9 Å². The van der Waals surface area contributed by atoms with E-state index in [1.807, 2.05) is 11.0 Å². The van der Waals surface area contributed by atoms with E-state index in [0.29, 0.717) is 32.6 Å². The molecule has 0 aromatic heterocycles. The fourth-order valence-electron chi connectivity index (χ4n) is 5.13. The minimum atomic E-state index is 0.137. The Hall–Kier alpha value is -2.00. The maximum Gasteiger partial charge on any atom is 0.223 e. The van der Waals surface area contributed by atoms with Crippen molar-refractivity contribution in [3.05, 3.63) is 101 Å². The van der Waals surface area contributed by atoms with Gasteiger partial charge >= 0.3 is 0 Å². The number of halogens is 3. The number of carbonyl (C=O) groups is 2. The van der Waals surface area contributed by atoms with Crippen molar-refractivity contribution >= 4 is 60.1 Å². The number of amides is 2. The summed E-state index contributed by atoms with van der Waals surface area (Å²) in [6, 6.07) is 19.1. The van der Waals surface area contributed by atoms with Crippen LogP contribution in [0.4, 0.5) is 0 Å². The van der Waals surface area contributed by atoms with Gasteiger partial charge < -0.3 is 9.80 Å². The smallest absolute Gasteiger partial charge is 0.223 e. The lowest BCUT2D eigenvalue weighted by molar-refractivity contribution is -0.133. The molecule has 3 aromatic rings. The largest absolute Gasteiger partial charge is 0.337 e.